The smallest absolute Gasteiger partial charge is 0.191 e. The normalized spacial score (nSPS) is 11.5. The standard InChI is InChI=1S/C20H25F2N3O3S.HI/c1-3-23-20(25-12-13-28-19-9-6-16(21)14-18(19)22)24-11-10-15-4-7-17(8-5-15)29(2,26)27;/h4-9,14H,3,10-13H2,1-2H3,(H2,23,24,25);1H. The van der Waals surface area contributed by atoms with Gasteiger partial charge in [0.2, 0.25) is 0 Å². The Kier molecular flexibility index (Phi) is 11.0. The second kappa shape index (κ2) is 12.7. The second-order valence-corrected chi connectivity index (χ2v) is 8.29. The van der Waals surface area contributed by atoms with Crippen molar-refractivity contribution in [3.63, 3.8) is 0 Å². The number of halogens is 3. The van der Waals surface area contributed by atoms with Gasteiger partial charge in [-0.05, 0) is 43.2 Å². The molecule has 0 atom stereocenters. The van der Waals surface area contributed by atoms with E-state index in [0.29, 0.717) is 32.0 Å². The summed E-state index contributed by atoms with van der Waals surface area (Å²) in [4.78, 5) is 4.74. The minimum atomic E-state index is -3.20. The zero-order chi connectivity index (χ0) is 21.3. The van der Waals surface area contributed by atoms with Gasteiger partial charge in [0, 0.05) is 25.4 Å². The lowest BCUT2D eigenvalue weighted by Crippen LogP contribution is -2.39. The van der Waals surface area contributed by atoms with Gasteiger partial charge in [0.15, 0.2) is 27.4 Å². The highest BCUT2D eigenvalue weighted by Gasteiger charge is 2.06. The van der Waals surface area contributed by atoms with Crippen molar-refractivity contribution in [2.45, 2.75) is 18.2 Å². The van der Waals surface area contributed by atoms with Crippen LogP contribution in [0, 0.1) is 11.6 Å². The number of hydrogen-bond acceptors (Lipinski definition) is 4. The lowest BCUT2D eigenvalue weighted by molar-refractivity contribution is 0.304. The maximum absolute atomic E-state index is 13.5. The number of ether oxygens (including phenoxy) is 1. The summed E-state index contributed by atoms with van der Waals surface area (Å²) in [6, 6.07) is 9.89. The molecule has 0 saturated carbocycles. The fourth-order valence-corrected chi connectivity index (χ4v) is 3.10. The predicted molar refractivity (Wildman–Crippen MR) is 125 cm³/mol. The van der Waals surface area contributed by atoms with Crippen LogP contribution in [0.5, 0.6) is 5.75 Å². The van der Waals surface area contributed by atoms with E-state index in [1.807, 2.05) is 6.92 Å². The van der Waals surface area contributed by atoms with Crippen LogP contribution in [-0.2, 0) is 16.3 Å². The number of aliphatic imine (C=N–C) groups is 1. The Morgan fingerprint density at radius 3 is 2.40 bits per heavy atom. The van der Waals surface area contributed by atoms with Gasteiger partial charge in [0.05, 0.1) is 11.4 Å². The molecule has 0 amide bonds. The molecule has 0 aromatic heterocycles. The molecule has 0 unspecified atom stereocenters. The Bertz CT molecular complexity index is 939. The van der Waals surface area contributed by atoms with E-state index >= 15 is 0 Å². The van der Waals surface area contributed by atoms with Gasteiger partial charge in [-0.2, -0.15) is 0 Å². The van der Waals surface area contributed by atoms with E-state index in [1.165, 1.54) is 12.3 Å². The van der Waals surface area contributed by atoms with Crippen LogP contribution >= 0.6 is 24.0 Å². The Labute approximate surface area is 193 Å². The van der Waals surface area contributed by atoms with Crippen LogP contribution in [0.1, 0.15) is 12.5 Å². The Morgan fingerprint density at radius 2 is 1.80 bits per heavy atom. The van der Waals surface area contributed by atoms with Crippen LogP contribution in [0.15, 0.2) is 52.4 Å². The Morgan fingerprint density at radius 1 is 1.10 bits per heavy atom. The van der Waals surface area contributed by atoms with E-state index in [9.17, 15) is 17.2 Å². The van der Waals surface area contributed by atoms with Crippen LogP contribution in [0.4, 0.5) is 8.78 Å². The second-order valence-electron chi connectivity index (χ2n) is 6.28. The maximum atomic E-state index is 13.5. The molecule has 0 aliphatic rings. The van der Waals surface area contributed by atoms with Crippen molar-refractivity contribution in [2.75, 3.05) is 32.5 Å². The minimum Gasteiger partial charge on any atom is -0.489 e. The van der Waals surface area contributed by atoms with Gasteiger partial charge in [-0.25, -0.2) is 17.2 Å². The van der Waals surface area contributed by atoms with E-state index in [0.717, 1.165) is 17.7 Å². The van der Waals surface area contributed by atoms with E-state index < -0.39 is 21.5 Å². The summed E-state index contributed by atoms with van der Waals surface area (Å²) in [6.45, 7) is 3.67. The summed E-state index contributed by atoms with van der Waals surface area (Å²) < 4.78 is 54.7. The molecule has 0 bridgehead atoms. The van der Waals surface area contributed by atoms with Gasteiger partial charge in [-0.15, -0.1) is 24.0 Å². The van der Waals surface area contributed by atoms with Gasteiger partial charge >= 0.3 is 0 Å². The van der Waals surface area contributed by atoms with Crippen molar-refractivity contribution >= 4 is 39.8 Å². The largest absolute Gasteiger partial charge is 0.489 e. The molecule has 0 heterocycles. The monoisotopic (exact) mass is 553 g/mol. The van der Waals surface area contributed by atoms with Crippen molar-refractivity contribution in [2.24, 2.45) is 4.99 Å². The summed E-state index contributed by atoms with van der Waals surface area (Å²) in [5.74, 6) is -0.816. The molecular weight excluding hydrogens is 527 g/mol. The molecular formula is C20H26F2IN3O3S. The molecule has 166 valence electrons. The molecule has 0 fully saturated rings. The topological polar surface area (TPSA) is 79.8 Å². The summed E-state index contributed by atoms with van der Waals surface area (Å²) in [5, 5.41) is 6.17. The van der Waals surface area contributed by atoms with Crippen molar-refractivity contribution in [3.05, 3.63) is 59.7 Å². The summed E-state index contributed by atoms with van der Waals surface area (Å²) >= 11 is 0. The zero-order valence-electron chi connectivity index (χ0n) is 16.8. The molecule has 6 nitrogen and oxygen atoms in total. The fourth-order valence-electron chi connectivity index (χ4n) is 2.46. The quantitative estimate of drug-likeness (QED) is 0.216. The third-order valence-electron chi connectivity index (χ3n) is 3.91. The molecule has 0 aliphatic carbocycles. The number of sulfone groups is 1. The van der Waals surface area contributed by atoms with Gasteiger partial charge < -0.3 is 15.4 Å². The highest BCUT2D eigenvalue weighted by molar-refractivity contribution is 14.0. The van der Waals surface area contributed by atoms with E-state index in [4.69, 9.17) is 4.74 Å². The molecule has 0 radical (unpaired) electrons. The van der Waals surface area contributed by atoms with Crippen LogP contribution in [0.25, 0.3) is 0 Å². The van der Waals surface area contributed by atoms with E-state index in [-0.39, 0.29) is 41.2 Å². The molecule has 0 aliphatic heterocycles. The highest BCUT2D eigenvalue weighted by Crippen LogP contribution is 2.17. The van der Waals surface area contributed by atoms with Crippen LogP contribution < -0.4 is 15.4 Å². The zero-order valence-corrected chi connectivity index (χ0v) is 20.0. The number of benzene rings is 2. The van der Waals surface area contributed by atoms with Gasteiger partial charge in [-0.1, -0.05) is 12.1 Å². The highest BCUT2D eigenvalue weighted by atomic mass is 127. The van der Waals surface area contributed by atoms with Crippen molar-refractivity contribution in [3.8, 4) is 5.75 Å². The van der Waals surface area contributed by atoms with Crippen molar-refractivity contribution in [1.29, 1.82) is 0 Å². The summed E-state index contributed by atoms with van der Waals surface area (Å²) in [7, 11) is -3.20. The molecule has 0 spiro atoms. The molecule has 2 rings (SSSR count). The molecule has 0 saturated heterocycles. The maximum Gasteiger partial charge on any atom is 0.191 e. The third-order valence-corrected chi connectivity index (χ3v) is 5.04. The molecule has 10 heteroatoms. The van der Waals surface area contributed by atoms with E-state index in [1.54, 1.807) is 24.3 Å². The lowest BCUT2D eigenvalue weighted by atomic mass is 10.1. The average Bonchev–Trinajstić information content (AvgIpc) is 2.66. The van der Waals surface area contributed by atoms with Gasteiger partial charge in [0.25, 0.3) is 0 Å². The summed E-state index contributed by atoms with van der Waals surface area (Å²) in [5.41, 5.74) is 0.979. The fraction of sp³-hybridized carbons (Fsp3) is 0.350. The summed E-state index contributed by atoms with van der Waals surface area (Å²) in [6.07, 6.45) is 1.83. The molecule has 2 aromatic carbocycles. The first-order chi connectivity index (χ1) is 13.8. The first kappa shape index (κ1) is 26.1. The first-order valence-corrected chi connectivity index (χ1v) is 11.1. The third kappa shape index (κ3) is 8.82. The van der Waals surface area contributed by atoms with Gasteiger partial charge in [0.1, 0.15) is 12.4 Å². The number of hydrogen-bond donors (Lipinski definition) is 2. The number of nitrogens with one attached hydrogen (secondary N) is 2. The molecule has 2 aromatic rings. The van der Waals surface area contributed by atoms with Gasteiger partial charge in [-0.3, -0.25) is 4.99 Å². The number of nitrogens with zero attached hydrogens (tertiary/aromatic N) is 1. The number of guanidine groups is 1. The molecule has 2 N–H and O–H groups in total. The average molecular weight is 553 g/mol. The SMILES string of the molecule is CCNC(=NCCc1ccc(S(C)(=O)=O)cc1)NCCOc1ccc(F)cc1F.I. The molecule has 30 heavy (non-hydrogen) atoms. The van der Waals surface area contributed by atoms with Crippen LogP contribution in [0.3, 0.4) is 0 Å². The van der Waals surface area contributed by atoms with Crippen LogP contribution in [0.2, 0.25) is 0 Å². The van der Waals surface area contributed by atoms with E-state index in [2.05, 4.69) is 15.6 Å². The first-order valence-electron chi connectivity index (χ1n) is 9.18. The Hall–Kier alpha value is -1.95. The van der Waals surface area contributed by atoms with Crippen molar-refractivity contribution < 1.29 is 21.9 Å². The van der Waals surface area contributed by atoms with Crippen molar-refractivity contribution in [1.82, 2.24) is 10.6 Å². The van der Waals surface area contributed by atoms with Crippen LogP contribution in [-0.4, -0.2) is 46.9 Å². The minimum absolute atomic E-state index is 0. The predicted octanol–water partition coefficient (Wildman–Crippen LogP) is 3.16. The lowest BCUT2D eigenvalue weighted by Gasteiger charge is -2.12. The number of rotatable bonds is 9. The Balaban J connectivity index is 0.00000450.